The summed E-state index contributed by atoms with van der Waals surface area (Å²) in [5.41, 5.74) is 2.22. The van der Waals surface area contributed by atoms with Crippen molar-refractivity contribution >= 4 is 33.3 Å². The minimum Gasteiger partial charge on any atom is -0.480 e. The van der Waals surface area contributed by atoms with Crippen LogP contribution >= 0.6 is 11.6 Å². The maximum atomic E-state index is 13.5. The van der Waals surface area contributed by atoms with E-state index in [-0.39, 0.29) is 4.90 Å². The van der Waals surface area contributed by atoms with E-state index in [0.717, 1.165) is 11.8 Å². The molecule has 0 bridgehead atoms. The van der Waals surface area contributed by atoms with Gasteiger partial charge in [0.1, 0.15) is 6.04 Å². The molecule has 1 N–H and O–H groups in total. The Morgan fingerprint density at radius 3 is 2.21 bits per heavy atom. The lowest BCUT2D eigenvalue weighted by Crippen LogP contribution is -2.41. The van der Waals surface area contributed by atoms with Gasteiger partial charge in [0.05, 0.1) is 10.9 Å². The molecule has 1 aliphatic heterocycles. The maximum absolute atomic E-state index is 13.5. The maximum Gasteiger partial charge on any atom is 0.326 e. The van der Waals surface area contributed by atoms with E-state index in [9.17, 15) is 23.1 Å². The van der Waals surface area contributed by atoms with Crippen molar-refractivity contribution in [2.45, 2.75) is 29.8 Å². The molecule has 0 unspecified atom stereocenters. The summed E-state index contributed by atoms with van der Waals surface area (Å²) in [7, 11) is -3.43. The summed E-state index contributed by atoms with van der Waals surface area (Å²) in [4.78, 5) is 26.9. The summed E-state index contributed by atoms with van der Waals surface area (Å²) in [5, 5.41) is 10.2. The number of sulfone groups is 1. The summed E-state index contributed by atoms with van der Waals surface area (Å²) in [6, 6.07) is 18.9. The smallest absolute Gasteiger partial charge is 0.326 e. The highest BCUT2D eigenvalue weighted by Gasteiger charge is 2.42. The van der Waals surface area contributed by atoms with Crippen LogP contribution in [0.1, 0.15) is 34.8 Å². The molecule has 170 valence electrons. The number of carbonyl (C=O) groups is 2. The van der Waals surface area contributed by atoms with Crippen LogP contribution in [0.2, 0.25) is 5.02 Å². The number of hydrogen-bond acceptors (Lipinski definition) is 4. The number of aliphatic carboxylic acids is 1. The number of likely N-dealkylation sites (tertiary alicyclic amines) is 1. The van der Waals surface area contributed by atoms with E-state index in [4.69, 9.17) is 11.6 Å². The first-order valence-corrected chi connectivity index (χ1v) is 12.6. The summed E-state index contributed by atoms with van der Waals surface area (Å²) < 4.78 is 24.3. The number of rotatable bonds is 5. The molecule has 3 aromatic carbocycles. The first-order chi connectivity index (χ1) is 15.7. The second-order valence-electron chi connectivity index (χ2n) is 8.03. The third kappa shape index (κ3) is 4.51. The van der Waals surface area contributed by atoms with Crippen LogP contribution in [0.25, 0.3) is 11.1 Å². The Morgan fingerprint density at radius 1 is 0.939 bits per heavy atom. The first kappa shape index (κ1) is 23.0. The van der Waals surface area contributed by atoms with Crippen molar-refractivity contribution in [3.8, 4) is 11.1 Å². The Kier molecular flexibility index (Phi) is 6.28. The number of carboxylic acids is 1. The Labute approximate surface area is 197 Å². The number of hydrogen-bond donors (Lipinski definition) is 1. The molecule has 0 aliphatic carbocycles. The largest absolute Gasteiger partial charge is 0.480 e. The molecular weight excluding hydrogens is 462 g/mol. The van der Waals surface area contributed by atoms with Crippen molar-refractivity contribution in [3.05, 3.63) is 88.9 Å². The van der Waals surface area contributed by atoms with Gasteiger partial charge in [-0.3, -0.25) is 4.79 Å². The van der Waals surface area contributed by atoms with Crippen LogP contribution in [-0.2, 0) is 14.6 Å². The standard InChI is InChI=1S/C25H22ClNO5S/c1-33(31,32)23-9-5-3-6-18(23)16-10-12-17(13-11-16)24(28)27-21(14-15-22(27)25(29)30)19-7-2-4-8-20(19)26/h2-13,21-22H,14-15H2,1H3,(H,29,30)/t21-,22+/m1/s1. The van der Waals surface area contributed by atoms with Gasteiger partial charge >= 0.3 is 5.97 Å². The van der Waals surface area contributed by atoms with Crippen LogP contribution in [0.15, 0.2) is 77.7 Å². The van der Waals surface area contributed by atoms with E-state index in [0.29, 0.717) is 34.6 Å². The highest BCUT2D eigenvalue weighted by atomic mass is 35.5. The van der Waals surface area contributed by atoms with Crippen LogP contribution < -0.4 is 0 Å². The molecule has 0 saturated carbocycles. The van der Waals surface area contributed by atoms with Crippen molar-refractivity contribution in [1.82, 2.24) is 4.90 Å². The van der Waals surface area contributed by atoms with Gasteiger partial charge in [-0.15, -0.1) is 0 Å². The molecule has 4 rings (SSSR count). The van der Waals surface area contributed by atoms with Crippen LogP contribution in [0.5, 0.6) is 0 Å². The summed E-state index contributed by atoms with van der Waals surface area (Å²) in [5.74, 6) is -1.47. The molecule has 8 heteroatoms. The molecule has 0 aromatic heterocycles. The zero-order valence-electron chi connectivity index (χ0n) is 17.8. The second-order valence-corrected chi connectivity index (χ2v) is 10.4. The van der Waals surface area contributed by atoms with E-state index < -0.39 is 33.8 Å². The molecule has 1 aliphatic rings. The zero-order valence-corrected chi connectivity index (χ0v) is 19.4. The molecule has 6 nitrogen and oxygen atoms in total. The molecule has 1 heterocycles. The van der Waals surface area contributed by atoms with Gasteiger partial charge < -0.3 is 10.0 Å². The van der Waals surface area contributed by atoms with Gasteiger partial charge in [0.25, 0.3) is 5.91 Å². The first-order valence-electron chi connectivity index (χ1n) is 10.4. The fourth-order valence-electron chi connectivity index (χ4n) is 4.36. The Hall–Kier alpha value is -3.16. The molecule has 0 spiro atoms. The van der Waals surface area contributed by atoms with Gasteiger partial charge in [-0.1, -0.05) is 60.1 Å². The summed E-state index contributed by atoms with van der Waals surface area (Å²) >= 11 is 6.35. The van der Waals surface area contributed by atoms with Crippen LogP contribution in [0.4, 0.5) is 0 Å². The zero-order chi connectivity index (χ0) is 23.8. The normalized spacial score (nSPS) is 18.3. The van der Waals surface area contributed by atoms with E-state index in [1.54, 1.807) is 60.7 Å². The predicted molar refractivity (Wildman–Crippen MR) is 126 cm³/mol. The molecule has 1 saturated heterocycles. The van der Waals surface area contributed by atoms with E-state index in [1.807, 2.05) is 12.1 Å². The van der Waals surface area contributed by atoms with Gasteiger partial charge in [-0.05, 0) is 48.2 Å². The average molecular weight is 484 g/mol. The molecule has 1 fully saturated rings. The minimum absolute atomic E-state index is 0.202. The Morgan fingerprint density at radius 2 is 1.58 bits per heavy atom. The molecule has 33 heavy (non-hydrogen) atoms. The summed E-state index contributed by atoms with van der Waals surface area (Å²) in [6.07, 6.45) is 1.97. The third-order valence-electron chi connectivity index (χ3n) is 5.90. The van der Waals surface area contributed by atoms with Crippen LogP contribution in [0.3, 0.4) is 0 Å². The number of carboxylic acid groups (broad SMARTS) is 1. The average Bonchev–Trinajstić information content (AvgIpc) is 3.24. The van der Waals surface area contributed by atoms with Crippen molar-refractivity contribution < 1.29 is 23.1 Å². The van der Waals surface area contributed by atoms with E-state index >= 15 is 0 Å². The SMILES string of the molecule is CS(=O)(=O)c1ccccc1-c1ccc(C(=O)N2[C@@H](c3ccccc3Cl)CC[C@H]2C(=O)O)cc1. The van der Waals surface area contributed by atoms with Gasteiger partial charge in [-0.2, -0.15) is 0 Å². The van der Waals surface area contributed by atoms with Crippen LogP contribution in [0, 0.1) is 0 Å². The second kappa shape index (κ2) is 9.00. The predicted octanol–water partition coefficient (Wildman–Crippen LogP) is 4.84. The molecule has 3 aromatic rings. The fourth-order valence-corrected chi connectivity index (χ4v) is 5.53. The monoisotopic (exact) mass is 483 g/mol. The quantitative estimate of drug-likeness (QED) is 0.560. The number of carbonyl (C=O) groups excluding carboxylic acids is 1. The van der Waals surface area contributed by atoms with Crippen molar-refractivity contribution in [2.24, 2.45) is 0 Å². The van der Waals surface area contributed by atoms with Gasteiger partial charge in [0.15, 0.2) is 9.84 Å². The number of nitrogens with zero attached hydrogens (tertiary/aromatic N) is 1. The van der Waals surface area contributed by atoms with Gasteiger partial charge in [-0.25, -0.2) is 13.2 Å². The third-order valence-corrected chi connectivity index (χ3v) is 7.40. The lowest BCUT2D eigenvalue weighted by Gasteiger charge is -2.29. The highest BCUT2D eigenvalue weighted by molar-refractivity contribution is 7.90. The highest BCUT2D eigenvalue weighted by Crippen LogP contribution is 2.40. The van der Waals surface area contributed by atoms with Gasteiger partial charge in [0, 0.05) is 22.4 Å². The topological polar surface area (TPSA) is 91.8 Å². The molecule has 0 radical (unpaired) electrons. The molecule has 1 amide bonds. The van der Waals surface area contributed by atoms with Crippen molar-refractivity contribution in [1.29, 1.82) is 0 Å². The van der Waals surface area contributed by atoms with E-state index in [2.05, 4.69) is 0 Å². The summed E-state index contributed by atoms with van der Waals surface area (Å²) in [6.45, 7) is 0. The van der Waals surface area contributed by atoms with Crippen molar-refractivity contribution in [3.63, 3.8) is 0 Å². The lowest BCUT2D eigenvalue weighted by molar-refractivity contribution is -0.141. The lowest BCUT2D eigenvalue weighted by atomic mass is 10.0. The molecular formula is C25H22ClNO5S. The Balaban J connectivity index is 1.70. The van der Waals surface area contributed by atoms with Crippen LogP contribution in [-0.4, -0.2) is 42.6 Å². The van der Waals surface area contributed by atoms with Crippen molar-refractivity contribution in [2.75, 3.05) is 6.26 Å². The van der Waals surface area contributed by atoms with Gasteiger partial charge in [0.2, 0.25) is 0 Å². The fraction of sp³-hybridized carbons (Fsp3) is 0.200. The number of halogens is 1. The molecule has 2 atom stereocenters. The number of amides is 1. The Bertz CT molecular complexity index is 1320. The minimum atomic E-state index is -3.43. The number of benzene rings is 3. The van der Waals surface area contributed by atoms with E-state index in [1.165, 1.54) is 4.90 Å².